The normalized spacial score (nSPS) is 11.8. The van der Waals surface area contributed by atoms with E-state index >= 15 is 0 Å². The summed E-state index contributed by atoms with van der Waals surface area (Å²) in [5.74, 6) is 1.18. The molecule has 0 spiro atoms. The molecule has 1 aromatic rings. The maximum atomic E-state index is 13.1. The van der Waals surface area contributed by atoms with Crippen LogP contribution >= 0.6 is 0 Å². The molecular weight excluding hydrogens is 293 g/mol. The molecular formula is C18H30FN3O. The second-order valence-electron chi connectivity index (χ2n) is 5.89. The molecule has 2 N–H and O–H groups in total. The molecule has 4 nitrogen and oxygen atoms in total. The predicted molar refractivity (Wildman–Crippen MR) is 94.4 cm³/mol. The number of ether oxygens (including phenoxy) is 1. The molecule has 1 aromatic carbocycles. The summed E-state index contributed by atoms with van der Waals surface area (Å²) in [4.78, 5) is 4.52. The van der Waals surface area contributed by atoms with E-state index in [4.69, 9.17) is 4.74 Å². The number of benzene rings is 1. The third kappa shape index (κ3) is 9.89. The van der Waals surface area contributed by atoms with Crippen LogP contribution in [0.25, 0.3) is 0 Å². The average Bonchev–Trinajstić information content (AvgIpc) is 2.50. The van der Waals surface area contributed by atoms with Crippen molar-refractivity contribution in [2.75, 3.05) is 32.8 Å². The highest BCUT2D eigenvalue weighted by Crippen LogP contribution is 2.03. The van der Waals surface area contributed by atoms with Crippen LogP contribution in [0.2, 0.25) is 0 Å². The average molecular weight is 323 g/mol. The van der Waals surface area contributed by atoms with E-state index in [9.17, 15) is 4.39 Å². The first-order valence-corrected chi connectivity index (χ1v) is 8.46. The fraction of sp³-hybridized carbons (Fsp3) is 0.611. The molecule has 130 valence electrons. The van der Waals surface area contributed by atoms with Gasteiger partial charge in [0.05, 0.1) is 0 Å². The number of hydrogen-bond donors (Lipinski definition) is 2. The summed E-state index contributed by atoms with van der Waals surface area (Å²) in [6.07, 6.45) is 1.67. The molecule has 0 radical (unpaired) electrons. The molecule has 0 saturated carbocycles. The van der Waals surface area contributed by atoms with E-state index in [1.165, 1.54) is 6.07 Å². The summed E-state index contributed by atoms with van der Waals surface area (Å²) < 4.78 is 18.7. The smallest absolute Gasteiger partial charge is 0.191 e. The molecule has 0 heterocycles. The number of rotatable bonds is 10. The van der Waals surface area contributed by atoms with Crippen molar-refractivity contribution in [3.8, 4) is 0 Å². The van der Waals surface area contributed by atoms with Gasteiger partial charge in [-0.05, 0) is 43.4 Å². The number of halogens is 1. The van der Waals surface area contributed by atoms with Crippen molar-refractivity contribution in [1.29, 1.82) is 0 Å². The zero-order chi connectivity index (χ0) is 16.9. The fourth-order valence-corrected chi connectivity index (χ4v) is 2.04. The summed E-state index contributed by atoms with van der Waals surface area (Å²) in [5, 5.41) is 6.49. The highest BCUT2D eigenvalue weighted by molar-refractivity contribution is 5.79. The predicted octanol–water partition coefficient (Wildman–Crippen LogP) is 2.99. The van der Waals surface area contributed by atoms with Gasteiger partial charge in [-0.2, -0.15) is 0 Å². The minimum atomic E-state index is -0.190. The zero-order valence-corrected chi connectivity index (χ0v) is 14.6. The second-order valence-corrected chi connectivity index (χ2v) is 5.89. The van der Waals surface area contributed by atoms with Crippen LogP contribution in [0.1, 0.15) is 32.8 Å². The van der Waals surface area contributed by atoms with Gasteiger partial charge in [-0.1, -0.05) is 26.0 Å². The van der Waals surface area contributed by atoms with E-state index in [0.29, 0.717) is 5.92 Å². The number of hydrogen-bond acceptors (Lipinski definition) is 2. The van der Waals surface area contributed by atoms with Crippen LogP contribution < -0.4 is 10.6 Å². The van der Waals surface area contributed by atoms with Crippen LogP contribution in [-0.4, -0.2) is 38.8 Å². The Morgan fingerprint density at radius 1 is 1.30 bits per heavy atom. The third-order valence-corrected chi connectivity index (χ3v) is 3.11. The van der Waals surface area contributed by atoms with Gasteiger partial charge >= 0.3 is 0 Å². The number of guanidine groups is 1. The molecule has 0 unspecified atom stereocenters. The van der Waals surface area contributed by atoms with E-state index < -0.39 is 0 Å². The largest absolute Gasteiger partial charge is 0.381 e. The highest BCUT2D eigenvalue weighted by Gasteiger charge is 1.99. The molecule has 0 fully saturated rings. The Bertz CT molecular complexity index is 463. The standard InChI is InChI=1S/C18H30FN3O/c1-4-20-18(21-10-6-12-23-14-15(2)3)22-11-9-16-7-5-8-17(19)13-16/h5,7-8,13,15H,4,6,9-12,14H2,1-3H3,(H2,20,21,22). The van der Waals surface area contributed by atoms with Crippen molar-refractivity contribution in [3.63, 3.8) is 0 Å². The van der Waals surface area contributed by atoms with Crippen LogP contribution in [0.3, 0.4) is 0 Å². The Labute approximate surface area is 139 Å². The summed E-state index contributed by atoms with van der Waals surface area (Å²) in [6, 6.07) is 6.70. The first kappa shape index (κ1) is 19.4. The van der Waals surface area contributed by atoms with E-state index in [2.05, 4.69) is 29.5 Å². The Morgan fingerprint density at radius 2 is 2.13 bits per heavy atom. The van der Waals surface area contributed by atoms with Crippen molar-refractivity contribution in [2.24, 2.45) is 10.9 Å². The zero-order valence-electron chi connectivity index (χ0n) is 14.6. The van der Waals surface area contributed by atoms with Crippen molar-refractivity contribution in [1.82, 2.24) is 10.6 Å². The Kier molecular flexibility index (Phi) is 10.0. The summed E-state index contributed by atoms with van der Waals surface area (Å²) in [5.41, 5.74) is 0.982. The van der Waals surface area contributed by atoms with Gasteiger partial charge in [0.15, 0.2) is 5.96 Å². The molecule has 0 saturated heterocycles. The molecule has 0 aliphatic rings. The van der Waals surface area contributed by atoms with Crippen LogP contribution in [0.5, 0.6) is 0 Å². The Balaban J connectivity index is 2.26. The Hall–Kier alpha value is -1.62. The molecule has 23 heavy (non-hydrogen) atoms. The van der Waals surface area contributed by atoms with Gasteiger partial charge in [0.2, 0.25) is 0 Å². The van der Waals surface area contributed by atoms with Crippen LogP contribution in [0, 0.1) is 11.7 Å². The van der Waals surface area contributed by atoms with Gasteiger partial charge in [0.1, 0.15) is 5.82 Å². The molecule has 0 bridgehead atoms. The van der Waals surface area contributed by atoms with Gasteiger partial charge in [0, 0.05) is 32.8 Å². The van der Waals surface area contributed by atoms with E-state index in [0.717, 1.165) is 57.2 Å². The summed E-state index contributed by atoms with van der Waals surface area (Å²) in [6.45, 7) is 10.1. The molecule has 0 aliphatic heterocycles. The summed E-state index contributed by atoms with van der Waals surface area (Å²) in [7, 11) is 0. The van der Waals surface area contributed by atoms with Gasteiger partial charge in [-0.3, -0.25) is 4.99 Å². The molecule has 1 rings (SSSR count). The fourth-order valence-electron chi connectivity index (χ4n) is 2.04. The molecule has 0 aliphatic carbocycles. The van der Waals surface area contributed by atoms with E-state index in [-0.39, 0.29) is 5.82 Å². The maximum absolute atomic E-state index is 13.1. The monoisotopic (exact) mass is 323 g/mol. The van der Waals surface area contributed by atoms with Gasteiger partial charge in [-0.15, -0.1) is 0 Å². The third-order valence-electron chi connectivity index (χ3n) is 3.11. The molecule has 0 atom stereocenters. The molecule has 5 heteroatoms. The van der Waals surface area contributed by atoms with Crippen LogP contribution in [0.15, 0.2) is 29.3 Å². The van der Waals surface area contributed by atoms with Gasteiger partial charge in [0.25, 0.3) is 0 Å². The topological polar surface area (TPSA) is 45.7 Å². The first-order chi connectivity index (χ1) is 11.1. The van der Waals surface area contributed by atoms with Crippen molar-refractivity contribution < 1.29 is 9.13 Å². The quantitative estimate of drug-likeness (QED) is 0.395. The number of nitrogens with one attached hydrogen (secondary N) is 2. The lowest BCUT2D eigenvalue weighted by molar-refractivity contribution is 0.109. The lowest BCUT2D eigenvalue weighted by atomic mass is 10.1. The van der Waals surface area contributed by atoms with Gasteiger partial charge in [-0.25, -0.2) is 4.39 Å². The van der Waals surface area contributed by atoms with E-state index in [1.807, 2.05) is 13.0 Å². The highest BCUT2D eigenvalue weighted by atomic mass is 19.1. The molecule has 0 aromatic heterocycles. The minimum Gasteiger partial charge on any atom is -0.381 e. The van der Waals surface area contributed by atoms with E-state index in [1.54, 1.807) is 12.1 Å². The first-order valence-electron chi connectivity index (χ1n) is 8.46. The second kappa shape index (κ2) is 11.9. The number of nitrogens with zero attached hydrogens (tertiary/aromatic N) is 1. The summed E-state index contributed by atoms with van der Waals surface area (Å²) >= 11 is 0. The maximum Gasteiger partial charge on any atom is 0.191 e. The van der Waals surface area contributed by atoms with Crippen LogP contribution in [-0.2, 0) is 11.2 Å². The van der Waals surface area contributed by atoms with Crippen molar-refractivity contribution >= 4 is 5.96 Å². The SMILES string of the molecule is CCNC(=NCCCOCC(C)C)NCCc1cccc(F)c1. The van der Waals surface area contributed by atoms with Crippen LogP contribution in [0.4, 0.5) is 4.39 Å². The lowest BCUT2D eigenvalue weighted by Gasteiger charge is -2.11. The van der Waals surface area contributed by atoms with Crippen molar-refractivity contribution in [3.05, 3.63) is 35.6 Å². The minimum absolute atomic E-state index is 0.190. The lowest BCUT2D eigenvalue weighted by Crippen LogP contribution is -2.38. The molecule has 0 amide bonds. The Morgan fingerprint density at radius 3 is 2.83 bits per heavy atom. The van der Waals surface area contributed by atoms with Gasteiger partial charge < -0.3 is 15.4 Å². The van der Waals surface area contributed by atoms with Crippen molar-refractivity contribution in [2.45, 2.75) is 33.6 Å². The number of aliphatic imine (C=N–C) groups is 1.